The van der Waals surface area contributed by atoms with Gasteiger partial charge in [0.05, 0.1) is 34.2 Å². The van der Waals surface area contributed by atoms with E-state index in [4.69, 9.17) is 34.8 Å². The number of rotatable bonds is 0. The van der Waals surface area contributed by atoms with E-state index in [2.05, 4.69) is 28.2 Å². The molecule has 74 valence electrons. The van der Waals surface area contributed by atoms with Crippen LogP contribution in [0.1, 0.15) is 0 Å². The molecule has 0 saturated carbocycles. The summed E-state index contributed by atoms with van der Waals surface area (Å²) in [6.07, 6.45) is 0. The summed E-state index contributed by atoms with van der Waals surface area (Å²) in [7, 11) is 8.50. The highest BCUT2D eigenvalue weighted by molar-refractivity contribution is 6.75. The van der Waals surface area contributed by atoms with Crippen molar-refractivity contribution in [2.24, 2.45) is 0 Å². The van der Waals surface area contributed by atoms with E-state index in [1.54, 1.807) is 0 Å². The molecule has 0 aliphatic heterocycles. The van der Waals surface area contributed by atoms with E-state index in [1.807, 2.05) is 0 Å². The minimum Gasteiger partial charge on any atom is -0.545 e. The molecule has 0 rings (SSSR count). The number of quaternary nitrogens is 1. The van der Waals surface area contributed by atoms with Gasteiger partial charge < -0.3 is 14.4 Å². The summed E-state index contributed by atoms with van der Waals surface area (Å²) in [6.45, 7) is 0. The van der Waals surface area contributed by atoms with Gasteiger partial charge in [-0.1, -0.05) is 34.8 Å². The molecular weight excluding hydrogens is 224 g/mol. The third-order valence-electron chi connectivity index (χ3n) is 0.231. The Kier molecular flexibility index (Phi) is 6.32. The molecular formula is C6H12Cl3NO2. The van der Waals surface area contributed by atoms with Gasteiger partial charge in [0.15, 0.2) is 0 Å². The summed E-state index contributed by atoms with van der Waals surface area (Å²) in [5.74, 6) is -1.71. The zero-order chi connectivity index (χ0) is 10.6. The lowest BCUT2D eigenvalue weighted by Crippen LogP contribution is -2.35. The van der Waals surface area contributed by atoms with E-state index in [9.17, 15) is 9.90 Å². The maximum Gasteiger partial charge on any atom is 0.230 e. The minimum atomic E-state index is -2.28. The Morgan fingerprint density at radius 1 is 1.17 bits per heavy atom. The van der Waals surface area contributed by atoms with Gasteiger partial charge in [0.25, 0.3) is 0 Å². The van der Waals surface area contributed by atoms with Crippen LogP contribution in [0.15, 0.2) is 0 Å². The Labute approximate surface area is 87.4 Å². The second-order valence-electron chi connectivity index (χ2n) is 3.47. The molecule has 0 aromatic rings. The lowest BCUT2D eigenvalue weighted by atomic mass is 10.8. The highest BCUT2D eigenvalue weighted by Gasteiger charge is 2.20. The van der Waals surface area contributed by atoms with Crippen molar-refractivity contribution in [3.05, 3.63) is 0 Å². The number of carboxylic acid groups (broad SMARTS) is 1. The van der Waals surface area contributed by atoms with Gasteiger partial charge in [0, 0.05) is 0 Å². The highest BCUT2D eigenvalue weighted by Crippen LogP contribution is 2.24. The number of carboxylic acids is 1. The second kappa shape index (κ2) is 5.12. The highest BCUT2D eigenvalue weighted by atomic mass is 35.6. The van der Waals surface area contributed by atoms with Crippen molar-refractivity contribution < 1.29 is 14.4 Å². The average molecular weight is 237 g/mol. The first-order chi connectivity index (χ1) is 4.94. The SMILES string of the molecule is C[N+](C)(C)C.O=C([O-])C(Cl)(Cl)Cl. The van der Waals surface area contributed by atoms with E-state index < -0.39 is 9.76 Å². The number of halogens is 3. The first-order valence-electron chi connectivity index (χ1n) is 3.01. The monoisotopic (exact) mass is 235 g/mol. The molecule has 6 heteroatoms. The second-order valence-corrected chi connectivity index (χ2v) is 5.75. The molecule has 0 saturated heterocycles. The Balaban J connectivity index is 0. The van der Waals surface area contributed by atoms with E-state index in [-0.39, 0.29) is 0 Å². The molecule has 0 aliphatic carbocycles. The maximum absolute atomic E-state index is 9.51. The van der Waals surface area contributed by atoms with Gasteiger partial charge in [-0.2, -0.15) is 0 Å². The topological polar surface area (TPSA) is 40.1 Å². The number of carbonyl (C=O) groups is 1. The molecule has 0 aromatic heterocycles. The molecule has 0 spiro atoms. The van der Waals surface area contributed by atoms with Gasteiger partial charge in [0.1, 0.15) is 0 Å². The molecule has 0 amide bonds. The fourth-order valence-electron chi connectivity index (χ4n) is 0. The van der Waals surface area contributed by atoms with Crippen LogP contribution in [0.25, 0.3) is 0 Å². The molecule has 3 nitrogen and oxygen atoms in total. The molecule has 0 fully saturated rings. The van der Waals surface area contributed by atoms with Crippen LogP contribution in [0.5, 0.6) is 0 Å². The largest absolute Gasteiger partial charge is 0.545 e. The molecule has 0 bridgehead atoms. The van der Waals surface area contributed by atoms with Gasteiger partial charge in [0.2, 0.25) is 3.79 Å². The number of hydrogen-bond donors (Lipinski definition) is 0. The summed E-state index contributed by atoms with van der Waals surface area (Å²) in [4.78, 5) is 9.51. The lowest BCUT2D eigenvalue weighted by molar-refractivity contribution is -0.849. The molecule has 0 unspecified atom stereocenters. The number of aliphatic carboxylic acids is 1. The van der Waals surface area contributed by atoms with Crippen LogP contribution in [0, 0.1) is 0 Å². The smallest absolute Gasteiger partial charge is 0.230 e. The van der Waals surface area contributed by atoms with Gasteiger partial charge in [-0.3, -0.25) is 0 Å². The van der Waals surface area contributed by atoms with Gasteiger partial charge in [-0.25, -0.2) is 0 Å². The zero-order valence-corrected chi connectivity index (χ0v) is 9.67. The molecule has 0 heterocycles. The number of carbonyl (C=O) groups excluding carboxylic acids is 1. The third kappa shape index (κ3) is 22.4. The summed E-state index contributed by atoms with van der Waals surface area (Å²) in [5, 5.41) is 9.51. The standard InChI is InChI=1S/C4H12N.C2HCl3O2/c1-5(2,3)4;3-2(4,5)1(6)7/h1-4H3;(H,6,7)/q+1;/p-1. The lowest BCUT2D eigenvalue weighted by Gasteiger charge is -2.14. The maximum atomic E-state index is 9.51. The predicted molar refractivity (Wildman–Crippen MR) is 49.3 cm³/mol. The minimum absolute atomic E-state index is 1.00. The zero-order valence-electron chi connectivity index (χ0n) is 7.40. The van der Waals surface area contributed by atoms with Crippen LogP contribution < -0.4 is 5.11 Å². The molecule has 0 atom stereocenters. The van der Waals surface area contributed by atoms with Crippen LogP contribution in [-0.2, 0) is 4.79 Å². The van der Waals surface area contributed by atoms with E-state index in [0.29, 0.717) is 0 Å². The Hall–Kier alpha value is 0.300. The molecule has 0 N–H and O–H groups in total. The van der Waals surface area contributed by atoms with Crippen LogP contribution in [0.2, 0.25) is 0 Å². The molecule has 0 aromatic carbocycles. The first kappa shape index (κ1) is 14.8. The predicted octanol–water partition coefficient (Wildman–Crippen LogP) is 0.429. The summed E-state index contributed by atoms with van der Waals surface area (Å²) in [5.41, 5.74) is 0. The van der Waals surface area contributed by atoms with Gasteiger partial charge in [-0.05, 0) is 0 Å². The number of hydrogen-bond acceptors (Lipinski definition) is 2. The molecule has 12 heavy (non-hydrogen) atoms. The van der Waals surface area contributed by atoms with Crippen molar-refractivity contribution in [1.29, 1.82) is 0 Å². The molecule has 0 radical (unpaired) electrons. The summed E-state index contributed by atoms with van der Waals surface area (Å²) >= 11 is 14.2. The van der Waals surface area contributed by atoms with Gasteiger partial charge in [-0.15, -0.1) is 0 Å². The van der Waals surface area contributed by atoms with Crippen molar-refractivity contribution in [1.82, 2.24) is 0 Å². The Morgan fingerprint density at radius 2 is 1.25 bits per heavy atom. The third-order valence-corrected chi connectivity index (χ3v) is 0.694. The van der Waals surface area contributed by atoms with Crippen LogP contribution in [0.4, 0.5) is 0 Å². The molecule has 0 aliphatic rings. The van der Waals surface area contributed by atoms with Gasteiger partial charge >= 0.3 is 0 Å². The van der Waals surface area contributed by atoms with E-state index in [0.717, 1.165) is 4.48 Å². The van der Waals surface area contributed by atoms with E-state index >= 15 is 0 Å². The number of nitrogens with zero attached hydrogens (tertiary/aromatic N) is 1. The quantitative estimate of drug-likeness (QED) is 0.452. The first-order valence-corrected chi connectivity index (χ1v) is 4.15. The fraction of sp³-hybridized carbons (Fsp3) is 0.833. The van der Waals surface area contributed by atoms with Crippen molar-refractivity contribution in [3.8, 4) is 0 Å². The van der Waals surface area contributed by atoms with Crippen molar-refractivity contribution in [2.75, 3.05) is 28.2 Å². The van der Waals surface area contributed by atoms with E-state index in [1.165, 1.54) is 0 Å². The number of alkyl halides is 3. The van der Waals surface area contributed by atoms with Crippen molar-refractivity contribution >= 4 is 40.8 Å². The normalized spacial score (nSPS) is 11.6. The van der Waals surface area contributed by atoms with Crippen LogP contribution in [-0.4, -0.2) is 42.4 Å². The van der Waals surface area contributed by atoms with Crippen LogP contribution in [0.3, 0.4) is 0 Å². The summed E-state index contributed by atoms with van der Waals surface area (Å²) < 4.78 is -1.28. The Bertz CT molecular complexity index is 142. The summed E-state index contributed by atoms with van der Waals surface area (Å²) in [6, 6.07) is 0. The fourth-order valence-corrected chi connectivity index (χ4v) is 0. The Morgan fingerprint density at radius 3 is 1.25 bits per heavy atom. The average Bonchev–Trinajstić information content (AvgIpc) is 1.55. The van der Waals surface area contributed by atoms with Crippen molar-refractivity contribution in [3.63, 3.8) is 0 Å². The van der Waals surface area contributed by atoms with Crippen molar-refractivity contribution in [2.45, 2.75) is 3.79 Å². The van der Waals surface area contributed by atoms with Crippen LogP contribution >= 0.6 is 34.8 Å².